The Morgan fingerprint density at radius 1 is 1.12 bits per heavy atom. The molecule has 0 saturated heterocycles. The second-order valence-corrected chi connectivity index (χ2v) is 5.76. The van der Waals surface area contributed by atoms with Crippen LogP contribution in [-0.4, -0.2) is 16.1 Å². The highest BCUT2D eigenvalue weighted by molar-refractivity contribution is 6.02. The molecule has 2 heterocycles. The third kappa shape index (κ3) is 2.32. The van der Waals surface area contributed by atoms with Gasteiger partial charge < -0.3 is 10.6 Å². The Hall–Kier alpha value is -3.15. The number of nitrogens with one attached hydrogen (secondary N) is 3. The summed E-state index contributed by atoms with van der Waals surface area (Å²) in [5.74, 6) is -0.730. The molecule has 5 nitrogen and oxygen atoms in total. The highest BCUT2D eigenvalue weighted by Gasteiger charge is 2.29. The topological polar surface area (TPSA) is 69.8 Å². The second kappa shape index (κ2) is 5.49. The van der Waals surface area contributed by atoms with Crippen molar-refractivity contribution in [3.05, 3.63) is 71.2 Å². The number of amides is 1. The number of carbonyl (C=O) groups is 1. The minimum atomic E-state index is -0.442. The summed E-state index contributed by atoms with van der Waals surface area (Å²) >= 11 is 0. The maximum atomic E-state index is 13.6. The van der Waals surface area contributed by atoms with Gasteiger partial charge in [0, 0.05) is 5.56 Å². The van der Waals surface area contributed by atoms with Crippen molar-refractivity contribution in [2.75, 3.05) is 5.32 Å². The van der Waals surface area contributed by atoms with Crippen molar-refractivity contribution in [1.29, 1.82) is 0 Å². The molecule has 1 aliphatic heterocycles. The molecule has 1 aromatic heterocycles. The summed E-state index contributed by atoms with van der Waals surface area (Å²) in [5.41, 5.74) is 4.27. The second-order valence-electron chi connectivity index (χ2n) is 5.76. The van der Waals surface area contributed by atoms with Crippen molar-refractivity contribution in [2.24, 2.45) is 0 Å². The molecule has 4 rings (SSSR count). The van der Waals surface area contributed by atoms with E-state index in [1.54, 1.807) is 13.1 Å². The van der Waals surface area contributed by atoms with Crippen LogP contribution in [0.2, 0.25) is 0 Å². The third-order valence-electron chi connectivity index (χ3n) is 4.15. The van der Waals surface area contributed by atoms with E-state index in [-0.39, 0.29) is 5.91 Å². The van der Waals surface area contributed by atoms with Gasteiger partial charge in [-0.2, -0.15) is 5.10 Å². The molecule has 1 aliphatic rings. The van der Waals surface area contributed by atoms with Crippen LogP contribution in [0.3, 0.4) is 0 Å². The normalized spacial score (nSPS) is 16.2. The summed E-state index contributed by atoms with van der Waals surface area (Å²) in [4.78, 5) is 12.4. The van der Waals surface area contributed by atoms with Crippen molar-refractivity contribution in [3.63, 3.8) is 0 Å². The van der Waals surface area contributed by atoms with Crippen molar-refractivity contribution in [1.82, 2.24) is 15.5 Å². The number of hydrogen-bond donors (Lipinski definition) is 3. The lowest BCUT2D eigenvalue weighted by atomic mass is 10.0. The smallest absolute Gasteiger partial charge is 0.255 e. The van der Waals surface area contributed by atoms with Crippen LogP contribution in [-0.2, 0) is 0 Å². The SMILES string of the molecule is Cc1cc(F)cc2c1NC(c1cn[nH]c1-c1ccccc1)NC2=O. The largest absolute Gasteiger partial charge is 0.361 e. The van der Waals surface area contributed by atoms with Crippen LogP contribution < -0.4 is 10.6 Å². The monoisotopic (exact) mass is 322 g/mol. The molecule has 24 heavy (non-hydrogen) atoms. The van der Waals surface area contributed by atoms with Gasteiger partial charge in [-0.3, -0.25) is 9.89 Å². The number of aryl methyl sites for hydroxylation is 1. The van der Waals surface area contributed by atoms with Gasteiger partial charge >= 0.3 is 0 Å². The number of hydrogen-bond acceptors (Lipinski definition) is 3. The Bertz CT molecular complexity index is 920. The Morgan fingerprint density at radius 3 is 2.71 bits per heavy atom. The Balaban J connectivity index is 1.76. The molecule has 0 aliphatic carbocycles. The van der Waals surface area contributed by atoms with Gasteiger partial charge in [0.05, 0.1) is 23.1 Å². The zero-order valence-corrected chi connectivity index (χ0v) is 12.9. The van der Waals surface area contributed by atoms with E-state index in [9.17, 15) is 9.18 Å². The predicted octanol–water partition coefficient (Wildman–Crippen LogP) is 3.38. The van der Waals surface area contributed by atoms with E-state index in [2.05, 4.69) is 20.8 Å². The fourth-order valence-electron chi connectivity index (χ4n) is 3.01. The van der Waals surface area contributed by atoms with E-state index in [0.29, 0.717) is 16.8 Å². The van der Waals surface area contributed by atoms with Gasteiger partial charge in [0.2, 0.25) is 0 Å². The number of halogens is 1. The zero-order chi connectivity index (χ0) is 16.7. The summed E-state index contributed by atoms with van der Waals surface area (Å²) in [6, 6.07) is 12.4. The lowest BCUT2D eigenvalue weighted by molar-refractivity contribution is 0.0935. The number of H-pyrrole nitrogens is 1. The molecule has 0 bridgehead atoms. The van der Waals surface area contributed by atoms with Crippen LogP contribution in [0, 0.1) is 12.7 Å². The molecule has 1 amide bonds. The van der Waals surface area contributed by atoms with Crippen molar-refractivity contribution >= 4 is 11.6 Å². The maximum absolute atomic E-state index is 13.6. The Kier molecular flexibility index (Phi) is 3.30. The zero-order valence-electron chi connectivity index (χ0n) is 12.9. The number of anilines is 1. The van der Waals surface area contributed by atoms with Crippen molar-refractivity contribution in [3.8, 4) is 11.3 Å². The van der Waals surface area contributed by atoms with Gasteiger partial charge in [-0.05, 0) is 30.2 Å². The average Bonchev–Trinajstić information content (AvgIpc) is 3.06. The molecular weight excluding hydrogens is 307 g/mol. The van der Waals surface area contributed by atoms with E-state index in [4.69, 9.17) is 0 Å². The van der Waals surface area contributed by atoms with E-state index < -0.39 is 12.0 Å². The van der Waals surface area contributed by atoms with Crippen LogP contribution in [0.4, 0.5) is 10.1 Å². The molecule has 1 unspecified atom stereocenters. The predicted molar refractivity (Wildman–Crippen MR) is 89.0 cm³/mol. The van der Waals surface area contributed by atoms with E-state index in [0.717, 1.165) is 16.8 Å². The summed E-state index contributed by atoms with van der Waals surface area (Å²) in [7, 11) is 0. The van der Waals surface area contributed by atoms with Crippen LogP contribution in [0.15, 0.2) is 48.7 Å². The van der Waals surface area contributed by atoms with Gasteiger partial charge in [-0.25, -0.2) is 4.39 Å². The fourth-order valence-corrected chi connectivity index (χ4v) is 3.01. The lowest BCUT2D eigenvalue weighted by Crippen LogP contribution is -2.39. The van der Waals surface area contributed by atoms with Gasteiger partial charge in [-0.15, -0.1) is 0 Å². The number of aromatic nitrogens is 2. The summed E-state index contributed by atoms with van der Waals surface area (Å²) in [6.45, 7) is 1.78. The number of benzene rings is 2. The number of aromatic amines is 1. The molecule has 6 heteroatoms. The molecule has 2 aromatic carbocycles. The molecule has 0 saturated carbocycles. The first-order chi connectivity index (χ1) is 11.6. The lowest BCUT2D eigenvalue weighted by Gasteiger charge is -2.29. The van der Waals surface area contributed by atoms with E-state index >= 15 is 0 Å². The summed E-state index contributed by atoms with van der Waals surface area (Å²) in [5, 5.41) is 13.2. The summed E-state index contributed by atoms with van der Waals surface area (Å²) in [6.07, 6.45) is 1.24. The van der Waals surface area contributed by atoms with Gasteiger partial charge in [0.1, 0.15) is 12.0 Å². The summed E-state index contributed by atoms with van der Waals surface area (Å²) < 4.78 is 13.6. The Labute approximate surface area is 137 Å². The van der Waals surface area contributed by atoms with Crippen LogP contribution in [0.1, 0.15) is 27.7 Å². The molecule has 1 atom stereocenters. The third-order valence-corrected chi connectivity index (χ3v) is 4.15. The van der Waals surface area contributed by atoms with Gasteiger partial charge in [0.15, 0.2) is 0 Å². The Morgan fingerprint density at radius 2 is 1.92 bits per heavy atom. The van der Waals surface area contributed by atoms with Crippen LogP contribution in [0.25, 0.3) is 11.3 Å². The molecule has 3 N–H and O–H groups in total. The van der Waals surface area contributed by atoms with Gasteiger partial charge in [-0.1, -0.05) is 30.3 Å². The first-order valence-electron chi connectivity index (χ1n) is 7.59. The average molecular weight is 322 g/mol. The minimum Gasteiger partial charge on any atom is -0.361 e. The maximum Gasteiger partial charge on any atom is 0.255 e. The van der Waals surface area contributed by atoms with E-state index in [1.165, 1.54) is 12.1 Å². The van der Waals surface area contributed by atoms with Crippen molar-refractivity contribution < 1.29 is 9.18 Å². The molecule has 3 aromatic rings. The number of carbonyl (C=O) groups excluding carboxylic acids is 1. The van der Waals surface area contributed by atoms with Crippen LogP contribution in [0.5, 0.6) is 0 Å². The van der Waals surface area contributed by atoms with Crippen LogP contribution >= 0.6 is 0 Å². The highest BCUT2D eigenvalue weighted by atomic mass is 19.1. The fraction of sp³-hybridized carbons (Fsp3) is 0.111. The molecule has 0 spiro atoms. The standard InChI is InChI=1S/C18H15FN4O/c1-10-7-12(19)8-13-15(10)21-17(22-18(13)24)14-9-20-23-16(14)11-5-3-2-4-6-11/h2-9,17,21H,1H3,(H,20,23)(H,22,24). The molecule has 0 radical (unpaired) electrons. The first kappa shape index (κ1) is 14.4. The van der Waals surface area contributed by atoms with E-state index in [1.807, 2.05) is 30.3 Å². The first-order valence-corrected chi connectivity index (χ1v) is 7.59. The van der Waals surface area contributed by atoms with Gasteiger partial charge in [0.25, 0.3) is 5.91 Å². The molecule has 0 fully saturated rings. The number of nitrogens with zero attached hydrogens (tertiary/aromatic N) is 1. The molecule has 120 valence electrons. The highest BCUT2D eigenvalue weighted by Crippen LogP contribution is 2.33. The number of rotatable bonds is 2. The van der Waals surface area contributed by atoms with Crippen molar-refractivity contribution in [2.45, 2.75) is 13.1 Å². The molecular formula is C18H15FN4O. The number of fused-ring (bicyclic) bond motifs is 1. The quantitative estimate of drug-likeness (QED) is 0.677. The minimum absolute atomic E-state index is 0.309.